The molecule has 0 heterocycles. The molecule has 1 N–H and O–H groups in total. The third kappa shape index (κ3) is 4.19. The fraction of sp³-hybridized carbons (Fsp3) is 0.429. The Morgan fingerprint density at radius 1 is 1.20 bits per heavy atom. The standard InChI is InChI=1S/C21H25NO3/c1-15(21(24)22-13-16-7-3-2-4-8-16)25-20-12-11-17-9-5-6-10-18(17)19(20)14-23/h5-6,9-12,14-16H,2-4,7-8,13H2,1H3,(H,22,24)/t15-/m0/s1. The first-order chi connectivity index (χ1) is 12.2. The number of hydrogen-bond donors (Lipinski definition) is 1. The zero-order chi connectivity index (χ0) is 17.6. The molecule has 3 rings (SSSR count). The van der Waals surface area contributed by atoms with E-state index in [1.165, 1.54) is 32.1 Å². The average molecular weight is 339 g/mol. The van der Waals surface area contributed by atoms with Crippen molar-refractivity contribution in [3.63, 3.8) is 0 Å². The second-order valence-corrected chi connectivity index (χ2v) is 6.83. The number of rotatable bonds is 6. The van der Waals surface area contributed by atoms with Crippen molar-refractivity contribution in [1.29, 1.82) is 0 Å². The highest BCUT2D eigenvalue weighted by Gasteiger charge is 2.19. The minimum absolute atomic E-state index is 0.129. The van der Waals surface area contributed by atoms with Crippen LogP contribution in [0.3, 0.4) is 0 Å². The van der Waals surface area contributed by atoms with Gasteiger partial charge in [0.1, 0.15) is 5.75 Å². The summed E-state index contributed by atoms with van der Waals surface area (Å²) in [6.07, 6.45) is 6.36. The molecule has 1 saturated carbocycles. The quantitative estimate of drug-likeness (QED) is 0.806. The molecule has 0 bridgehead atoms. The van der Waals surface area contributed by atoms with Crippen LogP contribution >= 0.6 is 0 Å². The van der Waals surface area contributed by atoms with Gasteiger partial charge in [0.2, 0.25) is 0 Å². The number of amides is 1. The van der Waals surface area contributed by atoms with E-state index in [9.17, 15) is 9.59 Å². The van der Waals surface area contributed by atoms with Gasteiger partial charge in [0, 0.05) is 6.54 Å². The van der Waals surface area contributed by atoms with Crippen LogP contribution < -0.4 is 10.1 Å². The summed E-state index contributed by atoms with van der Waals surface area (Å²) in [5.74, 6) is 0.903. The Morgan fingerprint density at radius 2 is 1.96 bits per heavy atom. The molecule has 1 aliphatic rings. The van der Waals surface area contributed by atoms with Crippen molar-refractivity contribution in [2.45, 2.75) is 45.1 Å². The van der Waals surface area contributed by atoms with E-state index in [1.54, 1.807) is 13.0 Å². The lowest BCUT2D eigenvalue weighted by molar-refractivity contribution is -0.127. The summed E-state index contributed by atoms with van der Waals surface area (Å²) in [5.41, 5.74) is 0.491. The van der Waals surface area contributed by atoms with Gasteiger partial charge in [-0.1, -0.05) is 49.6 Å². The normalized spacial score (nSPS) is 16.4. The maximum absolute atomic E-state index is 12.3. The second-order valence-electron chi connectivity index (χ2n) is 6.83. The van der Waals surface area contributed by atoms with Gasteiger partial charge in [0.05, 0.1) is 5.56 Å². The lowest BCUT2D eigenvalue weighted by atomic mass is 9.89. The highest BCUT2D eigenvalue weighted by Crippen LogP contribution is 2.27. The molecule has 132 valence electrons. The predicted molar refractivity (Wildman–Crippen MR) is 99.0 cm³/mol. The van der Waals surface area contributed by atoms with E-state index in [2.05, 4.69) is 5.32 Å². The van der Waals surface area contributed by atoms with Crippen LogP contribution in [0.25, 0.3) is 10.8 Å². The monoisotopic (exact) mass is 339 g/mol. The number of carbonyl (C=O) groups excluding carboxylic acids is 2. The molecule has 2 aromatic carbocycles. The lowest BCUT2D eigenvalue weighted by Crippen LogP contribution is -2.39. The van der Waals surface area contributed by atoms with Gasteiger partial charge in [-0.15, -0.1) is 0 Å². The molecular weight excluding hydrogens is 314 g/mol. The molecular formula is C21H25NO3. The SMILES string of the molecule is C[C@H](Oc1ccc2ccccc2c1C=O)C(=O)NCC1CCCCC1. The van der Waals surface area contributed by atoms with E-state index >= 15 is 0 Å². The minimum atomic E-state index is -0.636. The zero-order valence-electron chi connectivity index (χ0n) is 14.7. The Kier molecular flexibility index (Phi) is 5.69. The third-order valence-corrected chi connectivity index (χ3v) is 5.01. The van der Waals surface area contributed by atoms with Crippen LogP contribution in [-0.2, 0) is 4.79 Å². The smallest absolute Gasteiger partial charge is 0.260 e. The number of carbonyl (C=O) groups is 2. The molecule has 0 aromatic heterocycles. The predicted octanol–water partition coefficient (Wildman–Crippen LogP) is 4.12. The average Bonchev–Trinajstić information content (AvgIpc) is 2.66. The molecule has 0 spiro atoms. The van der Waals surface area contributed by atoms with Crippen LogP contribution in [-0.4, -0.2) is 24.8 Å². The largest absolute Gasteiger partial charge is 0.480 e. The fourth-order valence-electron chi connectivity index (χ4n) is 3.52. The Morgan fingerprint density at radius 3 is 2.72 bits per heavy atom. The Hall–Kier alpha value is -2.36. The zero-order valence-corrected chi connectivity index (χ0v) is 14.7. The topological polar surface area (TPSA) is 55.4 Å². The van der Waals surface area contributed by atoms with Gasteiger partial charge in [-0.2, -0.15) is 0 Å². The number of aldehydes is 1. The summed E-state index contributed by atoms with van der Waals surface area (Å²) < 4.78 is 5.80. The summed E-state index contributed by atoms with van der Waals surface area (Å²) in [6.45, 7) is 2.44. The first kappa shape index (κ1) is 17.5. The summed E-state index contributed by atoms with van der Waals surface area (Å²) in [5, 5.41) is 4.81. The lowest BCUT2D eigenvalue weighted by Gasteiger charge is -2.23. The van der Waals surface area contributed by atoms with Crippen LogP contribution in [0.4, 0.5) is 0 Å². The summed E-state index contributed by atoms with van der Waals surface area (Å²) in [4.78, 5) is 23.9. The van der Waals surface area contributed by atoms with E-state index in [0.29, 0.717) is 23.8 Å². The van der Waals surface area contributed by atoms with Crippen LogP contribution in [0.15, 0.2) is 36.4 Å². The first-order valence-electron chi connectivity index (χ1n) is 9.10. The Bertz CT molecular complexity index is 750. The van der Waals surface area contributed by atoms with E-state index in [1.807, 2.05) is 30.3 Å². The van der Waals surface area contributed by atoms with Crippen molar-refractivity contribution >= 4 is 23.0 Å². The molecule has 1 atom stereocenters. The van der Waals surface area contributed by atoms with Crippen molar-refractivity contribution in [2.24, 2.45) is 5.92 Å². The van der Waals surface area contributed by atoms with Crippen LogP contribution in [0.2, 0.25) is 0 Å². The van der Waals surface area contributed by atoms with Crippen molar-refractivity contribution in [3.05, 3.63) is 42.0 Å². The van der Waals surface area contributed by atoms with E-state index in [4.69, 9.17) is 4.74 Å². The molecule has 1 fully saturated rings. The van der Waals surface area contributed by atoms with Crippen LogP contribution in [0.5, 0.6) is 5.75 Å². The highest BCUT2D eigenvalue weighted by molar-refractivity contribution is 6.00. The van der Waals surface area contributed by atoms with Crippen molar-refractivity contribution < 1.29 is 14.3 Å². The summed E-state index contributed by atoms with van der Waals surface area (Å²) in [7, 11) is 0. The van der Waals surface area contributed by atoms with Gasteiger partial charge < -0.3 is 10.1 Å². The molecule has 0 radical (unpaired) electrons. The molecule has 4 nitrogen and oxygen atoms in total. The molecule has 0 aliphatic heterocycles. The molecule has 4 heteroatoms. The fourth-order valence-corrected chi connectivity index (χ4v) is 3.52. The van der Waals surface area contributed by atoms with Gasteiger partial charge >= 0.3 is 0 Å². The summed E-state index contributed by atoms with van der Waals surface area (Å²) in [6, 6.07) is 11.3. The van der Waals surface area contributed by atoms with Gasteiger partial charge in [-0.05, 0) is 42.5 Å². The van der Waals surface area contributed by atoms with Crippen LogP contribution in [0, 0.1) is 5.92 Å². The number of ether oxygens (including phenoxy) is 1. The molecule has 1 amide bonds. The molecule has 1 aliphatic carbocycles. The molecule has 0 unspecified atom stereocenters. The number of hydrogen-bond acceptors (Lipinski definition) is 3. The summed E-state index contributed by atoms with van der Waals surface area (Å²) >= 11 is 0. The molecule has 25 heavy (non-hydrogen) atoms. The molecule has 2 aromatic rings. The minimum Gasteiger partial charge on any atom is -0.480 e. The van der Waals surface area contributed by atoms with Crippen molar-refractivity contribution in [3.8, 4) is 5.75 Å². The van der Waals surface area contributed by atoms with Crippen molar-refractivity contribution in [1.82, 2.24) is 5.32 Å². The van der Waals surface area contributed by atoms with E-state index in [-0.39, 0.29) is 5.91 Å². The van der Waals surface area contributed by atoms with Crippen LogP contribution in [0.1, 0.15) is 49.4 Å². The second kappa shape index (κ2) is 8.15. The maximum atomic E-state index is 12.3. The number of nitrogens with one attached hydrogen (secondary N) is 1. The van der Waals surface area contributed by atoms with Gasteiger partial charge in [0.25, 0.3) is 5.91 Å². The Labute approximate surface area is 148 Å². The van der Waals surface area contributed by atoms with E-state index in [0.717, 1.165) is 17.1 Å². The highest BCUT2D eigenvalue weighted by atomic mass is 16.5. The third-order valence-electron chi connectivity index (χ3n) is 5.01. The Balaban J connectivity index is 1.65. The molecule has 0 saturated heterocycles. The number of fused-ring (bicyclic) bond motifs is 1. The van der Waals surface area contributed by atoms with Gasteiger partial charge in [-0.3, -0.25) is 9.59 Å². The van der Waals surface area contributed by atoms with Gasteiger partial charge in [0.15, 0.2) is 12.4 Å². The number of benzene rings is 2. The van der Waals surface area contributed by atoms with Gasteiger partial charge in [-0.25, -0.2) is 0 Å². The first-order valence-corrected chi connectivity index (χ1v) is 9.10. The maximum Gasteiger partial charge on any atom is 0.260 e. The van der Waals surface area contributed by atoms with E-state index < -0.39 is 6.10 Å². The van der Waals surface area contributed by atoms with Crippen molar-refractivity contribution in [2.75, 3.05) is 6.54 Å².